The molecule has 0 saturated heterocycles. The Morgan fingerprint density at radius 2 is 2.06 bits per heavy atom. The first-order valence-electron chi connectivity index (χ1n) is 6.26. The maximum atomic E-state index is 5.55. The van der Waals surface area contributed by atoms with Crippen molar-refractivity contribution in [3.8, 4) is 5.75 Å². The summed E-state index contributed by atoms with van der Waals surface area (Å²) >= 11 is 0. The van der Waals surface area contributed by atoms with Gasteiger partial charge in [-0.25, -0.2) is 0 Å². The third-order valence-electron chi connectivity index (χ3n) is 2.23. The molecule has 0 saturated carbocycles. The van der Waals surface area contributed by atoms with Crippen molar-refractivity contribution in [3.05, 3.63) is 18.5 Å². The van der Waals surface area contributed by atoms with Crippen molar-refractivity contribution in [2.24, 2.45) is 0 Å². The minimum atomic E-state index is 0.570. The lowest BCUT2D eigenvalue weighted by atomic mass is 10.4. The predicted molar refractivity (Wildman–Crippen MR) is 69.6 cm³/mol. The van der Waals surface area contributed by atoms with Crippen molar-refractivity contribution in [1.82, 2.24) is 4.98 Å². The minimum Gasteiger partial charge on any atom is -0.489 e. The highest BCUT2D eigenvalue weighted by atomic mass is 16.5. The van der Waals surface area contributed by atoms with Crippen molar-refractivity contribution >= 4 is 5.69 Å². The van der Waals surface area contributed by atoms with Crippen LogP contribution in [0.25, 0.3) is 0 Å². The maximum Gasteiger partial charge on any atom is 0.139 e. The van der Waals surface area contributed by atoms with E-state index in [-0.39, 0.29) is 0 Å². The van der Waals surface area contributed by atoms with Crippen LogP contribution in [0.1, 0.15) is 26.7 Å². The number of nitrogens with zero attached hydrogens (tertiary/aromatic N) is 1. The zero-order chi connectivity index (χ0) is 12.3. The summed E-state index contributed by atoms with van der Waals surface area (Å²) in [6.07, 6.45) is 5.77. The summed E-state index contributed by atoms with van der Waals surface area (Å²) in [5.41, 5.74) is 0.983. The second-order valence-electron chi connectivity index (χ2n) is 3.75. The Hall–Kier alpha value is -1.29. The highest BCUT2D eigenvalue weighted by Gasteiger charge is 1.97. The molecule has 4 nitrogen and oxygen atoms in total. The van der Waals surface area contributed by atoms with E-state index in [2.05, 4.69) is 24.1 Å². The van der Waals surface area contributed by atoms with Gasteiger partial charge in [0.25, 0.3) is 0 Å². The fourth-order valence-corrected chi connectivity index (χ4v) is 1.37. The van der Waals surface area contributed by atoms with Gasteiger partial charge in [0.15, 0.2) is 0 Å². The summed E-state index contributed by atoms with van der Waals surface area (Å²) < 4.78 is 11.0. The molecule has 0 amide bonds. The zero-order valence-electron chi connectivity index (χ0n) is 10.7. The van der Waals surface area contributed by atoms with Gasteiger partial charge in [-0.2, -0.15) is 0 Å². The van der Waals surface area contributed by atoms with E-state index in [1.807, 2.05) is 6.07 Å². The molecule has 0 bridgehead atoms. The summed E-state index contributed by atoms with van der Waals surface area (Å²) in [4.78, 5) is 4.10. The number of hydrogen-bond acceptors (Lipinski definition) is 4. The summed E-state index contributed by atoms with van der Waals surface area (Å²) in [6, 6.07) is 1.95. The molecule has 0 aliphatic heterocycles. The van der Waals surface area contributed by atoms with Gasteiger partial charge in [-0.1, -0.05) is 13.3 Å². The van der Waals surface area contributed by atoms with Gasteiger partial charge in [0.2, 0.25) is 0 Å². The molecule has 0 aromatic carbocycles. The lowest BCUT2D eigenvalue weighted by Crippen LogP contribution is -2.08. The molecule has 0 aliphatic rings. The predicted octanol–water partition coefficient (Wildman–Crippen LogP) is 2.71. The number of aromatic nitrogens is 1. The van der Waals surface area contributed by atoms with Gasteiger partial charge in [-0.3, -0.25) is 4.98 Å². The average molecular weight is 238 g/mol. The second-order valence-corrected chi connectivity index (χ2v) is 3.75. The maximum absolute atomic E-state index is 5.55. The van der Waals surface area contributed by atoms with Gasteiger partial charge in [-0.05, 0) is 13.3 Å². The fourth-order valence-electron chi connectivity index (χ4n) is 1.37. The highest BCUT2D eigenvalue weighted by Crippen LogP contribution is 2.14. The van der Waals surface area contributed by atoms with Gasteiger partial charge in [0, 0.05) is 19.2 Å². The molecule has 0 fully saturated rings. The molecule has 17 heavy (non-hydrogen) atoms. The quantitative estimate of drug-likeness (QED) is 0.672. The van der Waals surface area contributed by atoms with E-state index >= 15 is 0 Å². The van der Waals surface area contributed by atoms with Crippen LogP contribution < -0.4 is 10.1 Å². The number of nitrogens with one attached hydrogen (secondary N) is 1. The molecule has 0 unspecified atom stereocenters. The highest BCUT2D eigenvalue weighted by molar-refractivity contribution is 5.44. The van der Waals surface area contributed by atoms with Gasteiger partial charge < -0.3 is 14.8 Å². The van der Waals surface area contributed by atoms with E-state index in [0.29, 0.717) is 13.2 Å². The van der Waals surface area contributed by atoms with Crippen molar-refractivity contribution in [2.75, 3.05) is 31.7 Å². The molecule has 1 rings (SSSR count). The number of unbranched alkanes of at least 4 members (excludes halogenated alkanes) is 1. The van der Waals surface area contributed by atoms with Gasteiger partial charge in [0.1, 0.15) is 12.4 Å². The third kappa shape index (κ3) is 6.12. The molecule has 0 atom stereocenters. The Kier molecular flexibility index (Phi) is 7.14. The monoisotopic (exact) mass is 238 g/mol. The number of hydrogen-bond donors (Lipinski definition) is 1. The summed E-state index contributed by atoms with van der Waals surface area (Å²) in [6.45, 7) is 7.10. The van der Waals surface area contributed by atoms with Gasteiger partial charge in [0.05, 0.1) is 24.7 Å². The van der Waals surface area contributed by atoms with E-state index in [1.165, 1.54) is 0 Å². The van der Waals surface area contributed by atoms with E-state index in [4.69, 9.17) is 9.47 Å². The van der Waals surface area contributed by atoms with Crippen LogP contribution in [-0.2, 0) is 4.74 Å². The average Bonchev–Trinajstić information content (AvgIpc) is 2.35. The molecule has 96 valence electrons. The van der Waals surface area contributed by atoms with Gasteiger partial charge >= 0.3 is 0 Å². The lowest BCUT2D eigenvalue weighted by molar-refractivity contribution is 0.0979. The van der Waals surface area contributed by atoms with E-state index < -0.39 is 0 Å². The molecule has 4 heteroatoms. The van der Waals surface area contributed by atoms with Crippen LogP contribution >= 0.6 is 0 Å². The first-order valence-corrected chi connectivity index (χ1v) is 6.26. The number of pyridine rings is 1. The van der Waals surface area contributed by atoms with Gasteiger partial charge in [-0.15, -0.1) is 0 Å². The largest absolute Gasteiger partial charge is 0.489 e. The fraction of sp³-hybridized carbons (Fsp3) is 0.615. The van der Waals surface area contributed by atoms with E-state index in [0.717, 1.165) is 37.4 Å². The van der Waals surface area contributed by atoms with Crippen LogP contribution in [0.4, 0.5) is 5.69 Å². The van der Waals surface area contributed by atoms with E-state index in [1.54, 1.807) is 12.4 Å². The zero-order valence-corrected chi connectivity index (χ0v) is 10.7. The first-order chi connectivity index (χ1) is 8.36. The smallest absolute Gasteiger partial charge is 0.139 e. The standard InChI is InChI=1S/C13H22N2O2/c1-3-5-6-16-7-8-17-13-9-12(15-4-2)10-14-11-13/h9-11,15H,3-8H2,1-2H3. The molecular weight excluding hydrogens is 216 g/mol. The Morgan fingerprint density at radius 3 is 2.82 bits per heavy atom. The summed E-state index contributed by atoms with van der Waals surface area (Å²) in [5, 5.41) is 3.19. The van der Waals surface area contributed by atoms with Crippen molar-refractivity contribution < 1.29 is 9.47 Å². The topological polar surface area (TPSA) is 43.4 Å². The molecule has 0 aliphatic carbocycles. The molecule has 1 heterocycles. The Bertz CT molecular complexity index is 305. The summed E-state index contributed by atoms with van der Waals surface area (Å²) in [7, 11) is 0. The lowest BCUT2D eigenvalue weighted by Gasteiger charge is -2.08. The number of anilines is 1. The normalized spacial score (nSPS) is 10.2. The second kappa shape index (κ2) is 8.82. The van der Waals surface area contributed by atoms with Crippen molar-refractivity contribution in [1.29, 1.82) is 0 Å². The molecule has 1 N–H and O–H groups in total. The minimum absolute atomic E-state index is 0.570. The van der Waals surface area contributed by atoms with Crippen LogP contribution in [0.5, 0.6) is 5.75 Å². The van der Waals surface area contributed by atoms with Crippen LogP contribution in [0.15, 0.2) is 18.5 Å². The Labute approximate surface area is 103 Å². The number of rotatable bonds is 9. The Morgan fingerprint density at radius 1 is 1.18 bits per heavy atom. The van der Waals surface area contributed by atoms with Crippen LogP contribution in [0, 0.1) is 0 Å². The first kappa shape index (κ1) is 13.8. The third-order valence-corrected chi connectivity index (χ3v) is 2.23. The number of ether oxygens (including phenoxy) is 2. The molecule has 1 aromatic heterocycles. The van der Waals surface area contributed by atoms with Crippen LogP contribution in [-0.4, -0.2) is 31.3 Å². The SMILES string of the molecule is CCCCOCCOc1cncc(NCC)c1. The van der Waals surface area contributed by atoms with Crippen molar-refractivity contribution in [2.45, 2.75) is 26.7 Å². The van der Waals surface area contributed by atoms with Crippen molar-refractivity contribution in [3.63, 3.8) is 0 Å². The molecular formula is C13H22N2O2. The van der Waals surface area contributed by atoms with Crippen LogP contribution in [0.2, 0.25) is 0 Å². The van der Waals surface area contributed by atoms with E-state index in [9.17, 15) is 0 Å². The molecule has 0 radical (unpaired) electrons. The molecule has 0 spiro atoms. The molecule has 1 aromatic rings. The summed E-state index contributed by atoms with van der Waals surface area (Å²) in [5.74, 6) is 0.780. The van der Waals surface area contributed by atoms with Crippen LogP contribution in [0.3, 0.4) is 0 Å². The Balaban J connectivity index is 2.19.